The van der Waals surface area contributed by atoms with E-state index in [4.69, 9.17) is 4.74 Å². The highest BCUT2D eigenvalue weighted by Gasteiger charge is 2.10. The highest BCUT2D eigenvalue weighted by Crippen LogP contribution is 2.32. The zero-order chi connectivity index (χ0) is 21.2. The molecule has 1 heterocycles. The molecule has 1 fully saturated rings. The van der Waals surface area contributed by atoms with Crippen molar-refractivity contribution < 1.29 is 4.74 Å². The van der Waals surface area contributed by atoms with Gasteiger partial charge in [-0.3, -0.25) is 0 Å². The number of thiophene rings is 1. The van der Waals surface area contributed by atoms with Gasteiger partial charge in [0.25, 0.3) is 0 Å². The molecule has 0 aliphatic heterocycles. The van der Waals surface area contributed by atoms with Gasteiger partial charge < -0.3 is 10.5 Å². The molecule has 2 N–H and O–H groups in total. The molecule has 152 valence electrons. The predicted molar refractivity (Wildman–Crippen MR) is 124 cm³/mol. The maximum absolute atomic E-state index is 9.41. The summed E-state index contributed by atoms with van der Waals surface area (Å²) in [7, 11) is 1.50. The number of nitriles is 1. The third-order valence-corrected chi connectivity index (χ3v) is 5.70. The number of allylic oxidation sites excluding steroid dienone is 5. The van der Waals surface area contributed by atoms with E-state index in [0.29, 0.717) is 11.3 Å². The molecule has 1 aromatic carbocycles. The summed E-state index contributed by atoms with van der Waals surface area (Å²) in [5, 5.41) is 9.41. The summed E-state index contributed by atoms with van der Waals surface area (Å²) in [5.41, 5.74) is 8.83. The van der Waals surface area contributed by atoms with E-state index in [-0.39, 0.29) is 6.10 Å². The molecule has 0 spiro atoms. The molecule has 3 rings (SSSR count). The lowest BCUT2D eigenvalue weighted by atomic mass is 10.1. The van der Waals surface area contributed by atoms with E-state index in [1.165, 1.54) is 34.4 Å². The van der Waals surface area contributed by atoms with Gasteiger partial charge in [-0.2, -0.15) is 5.26 Å². The van der Waals surface area contributed by atoms with Crippen molar-refractivity contribution in [3.63, 3.8) is 0 Å². The van der Waals surface area contributed by atoms with Crippen LogP contribution in [0.5, 0.6) is 5.75 Å². The lowest BCUT2D eigenvalue weighted by Gasteiger charge is -2.11. The summed E-state index contributed by atoms with van der Waals surface area (Å²) < 4.78 is 5.71. The van der Waals surface area contributed by atoms with Crippen LogP contribution in [-0.4, -0.2) is 13.2 Å². The van der Waals surface area contributed by atoms with Crippen LogP contribution in [0.2, 0.25) is 0 Å². The first-order valence-electron chi connectivity index (χ1n) is 9.98. The van der Waals surface area contributed by atoms with Crippen molar-refractivity contribution in [3.8, 4) is 22.3 Å². The topological polar surface area (TPSA) is 59.0 Å². The van der Waals surface area contributed by atoms with Crippen LogP contribution in [0.25, 0.3) is 10.4 Å². The fourth-order valence-corrected chi connectivity index (χ4v) is 4.15. The van der Waals surface area contributed by atoms with Crippen molar-refractivity contribution in [1.29, 1.82) is 5.26 Å². The van der Waals surface area contributed by atoms with Crippen LogP contribution in [0.15, 0.2) is 66.3 Å². The number of ether oxygens (including phenoxy) is 1. The van der Waals surface area contributed by atoms with Crippen molar-refractivity contribution in [3.05, 3.63) is 76.7 Å². The Morgan fingerprint density at radius 1 is 1.24 bits per heavy atom. The molecule has 3 nitrogen and oxygen atoms in total. The summed E-state index contributed by atoms with van der Waals surface area (Å²) >= 11 is 1.77. The molecule has 0 saturated heterocycles. The maximum Gasteiger partial charge on any atom is 0.137 e. The van der Waals surface area contributed by atoms with Crippen LogP contribution in [0, 0.1) is 11.3 Å². The third-order valence-electron chi connectivity index (χ3n) is 4.54. The second-order valence-electron chi connectivity index (χ2n) is 7.04. The Labute approximate surface area is 178 Å². The first-order chi connectivity index (χ1) is 14.1. The Hall–Kier alpha value is -2.61. The molecule has 4 heteroatoms. The molecule has 1 aliphatic carbocycles. The smallest absolute Gasteiger partial charge is 0.137 e. The predicted octanol–water partition coefficient (Wildman–Crippen LogP) is 6.41. The van der Waals surface area contributed by atoms with Crippen molar-refractivity contribution >= 4 is 11.3 Å². The minimum absolute atomic E-state index is 0.0550. The molecule has 0 radical (unpaired) electrons. The number of rotatable bonds is 6. The highest BCUT2D eigenvalue weighted by molar-refractivity contribution is 7.15. The summed E-state index contributed by atoms with van der Waals surface area (Å²) in [6.07, 6.45) is 11.1. The van der Waals surface area contributed by atoms with Crippen LogP contribution in [0.4, 0.5) is 0 Å². The van der Waals surface area contributed by atoms with E-state index in [0.717, 1.165) is 24.8 Å². The Bertz CT molecular complexity index is 929. The van der Waals surface area contributed by atoms with Gasteiger partial charge in [-0.15, -0.1) is 11.3 Å². The molecule has 0 unspecified atom stereocenters. The molecular formula is C25H30N2OS. The zero-order valence-corrected chi connectivity index (χ0v) is 18.4. The van der Waals surface area contributed by atoms with Gasteiger partial charge in [-0.25, -0.2) is 0 Å². The van der Waals surface area contributed by atoms with Gasteiger partial charge in [0.2, 0.25) is 0 Å². The Balaban J connectivity index is 0.00000145. The van der Waals surface area contributed by atoms with E-state index >= 15 is 0 Å². The van der Waals surface area contributed by atoms with Gasteiger partial charge in [0.15, 0.2) is 0 Å². The van der Waals surface area contributed by atoms with Gasteiger partial charge >= 0.3 is 0 Å². The van der Waals surface area contributed by atoms with E-state index in [1.54, 1.807) is 11.3 Å². The van der Waals surface area contributed by atoms with E-state index in [9.17, 15) is 5.26 Å². The van der Waals surface area contributed by atoms with Crippen LogP contribution < -0.4 is 10.5 Å². The van der Waals surface area contributed by atoms with Gasteiger partial charge in [0, 0.05) is 16.2 Å². The summed E-state index contributed by atoms with van der Waals surface area (Å²) in [6, 6.07) is 12.4. The first-order valence-corrected chi connectivity index (χ1v) is 10.8. The SMILES string of the molecule is C=C1CCC/C1=C/C=C\Cc1ccc(-c2ccc(OC(C)C)c(C#N)c2)s1.CN. The molecule has 0 bridgehead atoms. The molecule has 1 saturated carbocycles. The van der Waals surface area contributed by atoms with Crippen LogP contribution >= 0.6 is 11.3 Å². The van der Waals surface area contributed by atoms with Crippen molar-refractivity contribution in [2.75, 3.05) is 7.05 Å². The quantitative estimate of drug-likeness (QED) is 0.602. The third kappa shape index (κ3) is 6.45. The molecule has 0 amide bonds. The fourth-order valence-electron chi connectivity index (χ4n) is 3.17. The normalized spacial score (nSPS) is 14.9. The average Bonchev–Trinajstić information content (AvgIpc) is 3.36. The number of hydrogen-bond acceptors (Lipinski definition) is 4. The number of nitrogens with two attached hydrogens (primary N) is 1. The Morgan fingerprint density at radius 2 is 2.03 bits per heavy atom. The minimum Gasteiger partial charge on any atom is -0.490 e. The van der Waals surface area contributed by atoms with Gasteiger partial charge in [-0.05, 0) is 81.6 Å². The largest absolute Gasteiger partial charge is 0.490 e. The van der Waals surface area contributed by atoms with Crippen molar-refractivity contribution in [2.45, 2.75) is 45.6 Å². The summed E-state index contributed by atoms with van der Waals surface area (Å²) in [4.78, 5) is 2.49. The standard InChI is InChI=1S/C24H25NOS.CH5N/c1-17(2)26-23-13-11-20(15-21(23)16-25)24-14-12-22(27-24)10-5-4-8-19-9-6-7-18(19)3;1-2/h4-5,8,11-15,17H,3,6-7,9-10H2,1-2H3;2H2,1H3/b5-4-,19-8-;. The van der Waals surface area contributed by atoms with E-state index < -0.39 is 0 Å². The zero-order valence-electron chi connectivity index (χ0n) is 17.6. The highest BCUT2D eigenvalue weighted by atomic mass is 32.1. The Kier molecular flexibility index (Phi) is 8.92. The second kappa shape index (κ2) is 11.4. The molecule has 1 aliphatic rings. The molecule has 1 aromatic heterocycles. The maximum atomic E-state index is 9.41. The monoisotopic (exact) mass is 406 g/mol. The fraction of sp³-hybridized carbons (Fsp3) is 0.320. The van der Waals surface area contributed by atoms with Gasteiger partial charge in [-0.1, -0.05) is 30.4 Å². The molecule has 0 atom stereocenters. The van der Waals surface area contributed by atoms with Crippen LogP contribution in [0.3, 0.4) is 0 Å². The second-order valence-corrected chi connectivity index (χ2v) is 8.20. The van der Waals surface area contributed by atoms with Gasteiger partial charge in [0.05, 0.1) is 11.7 Å². The lowest BCUT2D eigenvalue weighted by Crippen LogP contribution is -2.06. The molecular weight excluding hydrogens is 376 g/mol. The van der Waals surface area contributed by atoms with Gasteiger partial charge in [0.1, 0.15) is 11.8 Å². The lowest BCUT2D eigenvalue weighted by molar-refractivity contribution is 0.242. The molecule has 2 aromatic rings. The number of benzene rings is 1. The minimum atomic E-state index is 0.0550. The van der Waals surface area contributed by atoms with E-state index in [2.05, 4.69) is 48.7 Å². The molecule has 29 heavy (non-hydrogen) atoms. The summed E-state index contributed by atoms with van der Waals surface area (Å²) in [5.74, 6) is 0.650. The number of nitrogens with zero attached hydrogens (tertiary/aromatic N) is 1. The van der Waals surface area contributed by atoms with Crippen molar-refractivity contribution in [2.24, 2.45) is 5.73 Å². The number of hydrogen-bond donors (Lipinski definition) is 1. The first kappa shape index (κ1) is 22.7. The van der Waals surface area contributed by atoms with E-state index in [1.807, 2.05) is 32.0 Å². The van der Waals surface area contributed by atoms with Crippen LogP contribution in [-0.2, 0) is 6.42 Å². The Morgan fingerprint density at radius 3 is 2.69 bits per heavy atom. The average molecular weight is 407 g/mol. The van der Waals surface area contributed by atoms with Crippen LogP contribution in [0.1, 0.15) is 43.6 Å². The van der Waals surface area contributed by atoms with Crippen molar-refractivity contribution in [1.82, 2.24) is 0 Å². The summed E-state index contributed by atoms with van der Waals surface area (Å²) in [6.45, 7) is 8.04.